The molecule has 0 radical (unpaired) electrons. The fourth-order valence-electron chi connectivity index (χ4n) is 2.46. The van der Waals surface area contributed by atoms with E-state index in [-0.39, 0.29) is 16.9 Å². The first-order valence-corrected chi connectivity index (χ1v) is 9.61. The van der Waals surface area contributed by atoms with Crippen molar-refractivity contribution in [2.75, 3.05) is 0 Å². The molecule has 0 unspecified atom stereocenters. The number of nitro groups is 2. The molecule has 0 N–H and O–H groups in total. The SMILES string of the molecule is CC.CCCCC(=O)O/N=C(\C)c1ccc(-c2ccc([N+](=O)[O-])cc2[N+](=O)[O-])cc1. The highest BCUT2D eigenvalue weighted by molar-refractivity contribution is 5.99. The van der Waals surface area contributed by atoms with Gasteiger partial charge in [0.25, 0.3) is 11.4 Å². The molecule has 160 valence electrons. The lowest BCUT2D eigenvalue weighted by molar-refractivity contribution is -0.393. The minimum Gasteiger partial charge on any atom is -0.318 e. The van der Waals surface area contributed by atoms with Crippen LogP contribution in [0.2, 0.25) is 0 Å². The molecule has 0 aliphatic rings. The van der Waals surface area contributed by atoms with Crippen molar-refractivity contribution < 1.29 is 19.5 Å². The van der Waals surface area contributed by atoms with Crippen LogP contribution >= 0.6 is 0 Å². The van der Waals surface area contributed by atoms with Crippen LogP contribution in [0, 0.1) is 20.2 Å². The van der Waals surface area contributed by atoms with Crippen molar-refractivity contribution in [3.63, 3.8) is 0 Å². The van der Waals surface area contributed by atoms with Crippen LogP contribution < -0.4 is 0 Å². The Morgan fingerprint density at radius 3 is 2.20 bits per heavy atom. The Kier molecular flexibility index (Phi) is 9.81. The van der Waals surface area contributed by atoms with Crippen LogP contribution in [0.1, 0.15) is 52.5 Å². The summed E-state index contributed by atoms with van der Waals surface area (Å²) >= 11 is 0. The lowest BCUT2D eigenvalue weighted by Gasteiger charge is -2.06. The molecule has 0 aliphatic heterocycles. The maximum absolute atomic E-state index is 11.5. The molecule has 0 fully saturated rings. The molecular formula is C21H25N3O6. The Morgan fingerprint density at radius 1 is 1.03 bits per heavy atom. The second-order valence-electron chi connectivity index (χ2n) is 6.04. The van der Waals surface area contributed by atoms with Crippen molar-refractivity contribution in [2.45, 2.75) is 47.0 Å². The normalized spacial score (nSPS) is 10.6. The van der Waals surface area contributed by atoms with Gasteiger partial charge in [0.1, 0.15) is 0 Å². The second-order valence-corrected chi connectivity index (χ2v) is 6.04. The lowest BCUT2D eigenvalue weighted by atomic mass is 10.0. The molecule has 0 aliphatic carbocycles. The van der Waals surface area contributed by atoms with Crippen molar-refractivity contribution in [1.82, 2.24) is 0 Å². The minimum atomic E-state index is -0.679. The Hall–Kier alpha value is -3.62. The predicted octanol–water partition coefficient (Wildman–Crippen LogP) is 5.65. The van der Waals surface area contributed by atoms with Gasteiger partial charge < -0.3 is 4.84 Å². The molecule has 9 nitrogen and oxygen atoms in total. The van der Waals surface area contributed by atoms with Crippen LogP contribution in [0.4, 0.5) is 11.4 Å². The number of unbranched alkanes of at least 4 members (excludes halogenated alkanes) is 1. The topological polar surface area (TPSA) is 125 Å². The van der Waals surface area contributed by atoms with Gasteiger partial charge in [0.05, 0.1) is 27.2 Å². The van der Waals surface area contributed by atoms with Gasteiger partial charge in [0.15, 0.2) is 0 Å². The number of hydrogen-bond donors (Lipinski definition) is 0. The van der Waals surface area contributed by atoms with Crippen LogP contribution in [0.5, 0.6) is 0 Å². The zero-order valence-electron chi connectivity index (χ0n) is 17.5. The fraction of sp³-hybridized carbons (Fsp3) is 0.333. The van der Waals surface area contributed by atoms with Gasteiger partial charge in [-0.05, 0) is 30.5 Å². The van der Waals surface area contributed by atoms with E-state index in [0.29, 0.717) is 23.3 Å². The molecule has 0 atom stereocenters. The average molecular weight is 415 g/mol. The molecule has 0 spiro atoms. The zero-order chi connectivity index (χ0) is 22.7. The van der Waals surface area contributed by atoms with Crippen molar-refractivity contribution in [3.8, 4) is 11.1 Å². The van der Waals surface area contributed by atoms with Gasteiger partial charge in [-0.2, -0.15) is 0 Å². The summed E-state index contributed by atoms with van der Waals surface area (Å²) in [6, 6.07) is 10.1. The molecule has 0 bridgehead atoms. The number of nitro benzene ring substituents is 2. The number of carbonyl (C=O) groups is 1. The van der Waals surface area contributed by atoms with E-state index in [1.54, 1.807) is 31.2 Å². The smallest absolute Gasteiger partial charge is 0.318 e. The van der Waals surface area contributed by atoms with E-state index in [1.807, 2.05) is 20.8 Å². The maximum Gasteiger partial charge on any atom is 0.335 e. The van der Waals surface area contributed by atoms with E-state index in [0.717, 1.165) is 18.9 Å². The molecule has 2 aromatic carbocycles. The van der Waals surface area contributed by atoms with Crippen molar-refractivity contribution in [3.05, 3.63) is 68.3 Å². The number of nitrogens with zero attached hydrogens (tertiary/aromatic N) is 3. The van der Waals surface area contributed by atoms with Crippen LogP contribution in [0.25, 0.3) is 11.1 Å². The van der Waals surface area contributed by atoms with Gasteiger partial charge in [0.2, 0.25) is 0 Å². The highest BCUT2D eigenvalue weighted by Gasteiger charge is 2.20. The molecular weight excluding hydrogens is 390 g/mol. The first-order valence-electron chi connectivity index (χ1n) is 9.61. The summed E-state index contributed by atoms with van der Waals surface area (Å²) in [4.78, 5) is 37.2. The molecule has 30 heavy (non-hydrogen) atoms. The number of hydrogen-bond acceptors (Lipinski definition) is 7. The average Bonchev–Trinajstić information content (AvgIpc) is 2.76. The van der Waals surface area contributed by atoms with Gasteiger partial charge >= 0.3 is 5.97 Å². The Labute approximate surface area is 174 Å². The van der Waals surface area contributed by atoms with Gasteiger partial charge in [-0.15, -0.1) is 0 Å². The van der Waals surface area contributed by atoms with E-state index >= 15 is 0 Å². The first-order chi connectivity index (χ1) is 14.3. The van der Waals surface area contributed by atoms with Crippen LogP contribution in [-0.4, -0.2) is 21.5 Å². The van der Waals surface area contributed by atoms with E-state index in [1.165, 1.54) is 12.1 Å². The largest absolute Gasteiger partial charge is 0.335 e. The number of benzene rings is 2. The summed E-state index contributed by atoms with van der Waals surface area (Å²) in [5.41, 5.74) is 1.25. The van der Waals surface area contributed by atoms with Crippen molar-refractivity contribution in [1.29, 1.82) is 0 Å². The first kappa shape index (κ1) is 24.4. The van der Waals surface area contributed by atoms with Crippen LogP contribution in [-0.2, 0) is 9.63 Å². The summed E-state index contributed by atoms with van der Waals surface area (Å²) in [5.74, 6) is -0.403. The lowest BCUT2D eigenvalue weighted by Crippen LogP contribution is -2.03. The molecule has 0 heterocycles. The zero-order valence-corrected chi connectivity index (χ0v) is 17.5. The highest BCUT2D eigenvalue weighted by Crippen LogP contribution is 2.33. The third-order valence-electron chi connectivity index (χ3n) is 4.02. The van der Waals surface area contributed by atoms with E-state index < -0.39 is 15.8 Å². The number of rotatable bonds is 8. The second kappa shape index (κ2) is 12.1. The monoisotopic (exact) mass is 415 g/mol. The molecule has 9 heteroatoms. The van der Waals surface area contributed by atoms with Gasteiger partial charge in [-0.3, -0.25) is 20.2 Å². The van der Waals surface area contributed by atoms with Gasteiger partial charge in [-0.1, -0.05) is 56.6 Å². The third-order valence-corrected chi connectivity index (χ3v) is 4.02. The number of non-ortho nitro benzene ring substituents is 1. The Morgan fingerprint density at radius 2 is 1.67 bits per heavy atom. The molecule has 2 aromatic rings. The summed E-state index contributed by atoms with van der Waals surface area (Å²) in [6.07, 6.45) is 1.92. The maximum atomic E-state index is 11.5. The molecule has 0 aromatic heterocycles. The summed E-state index contributed by atoms with van der Waals surface area (Å²) in [5, 5.41) is 25.9. The van der Waals surface area contributed by atoms with Gasteiger partial charge in [-0.25, -0.2) is 4.79 Å². The quantitative estimate of drug-likeness (QED) is 0.237. The predicted molar refractivity (Wildman–Crippen MR) is 114 cm³/mol. The van der Waals surface area contributed by atoms with Crippen LogP contribution in [0.3, 0.4) is 0 Å². The molecule has 2 rings (SSSR count). The number of carbonyl (C=O) groups excluding carboxylic acids is 1. The summed E-state index contributed by atoms with van der Waals surface area (Å²) in [6.45, 7) is 7.65. The number of oxime groups is 1. The van der Waals surface area contributed by atoms with Crippen molar-refractivity contribution >= 4 is 23.1 Å². The van der Waals surface area contributed by atoms with E-state index in [4.69, 9.17) is 4.84 Å². The minimum absolute atomic E-state index is 0.266. The standard InChI is InChI=1S/C19H19N3O6.C2H6/c1-3-4-5-19(23)28-20-13(2)14-6-8-15(9-7-14)17-11-10-16(21(24)25)12-18(17)22(26)27;1-2/h6-12H,3-5H2,1-2H3;1-2H3/b20-13+;. The summed E-state index contributed by atoms with van der Waals surface area (Å²) < 4.78 is 0. The van der Waals surface area contributed by atoms with Crippen LogP contribution in [0.15, 0.2) is 47.6 Å². The highest BCUT2D eigenvalue weighted by atomic mass is 16.7. The molecule has 0 saturated heterocycles. The fourth-order valence-corrected chi connectivity index (χ4v) is 2.46. The van der Waals surface area contributed by atoms with E-state index in [2.05, 4.69) is 5.16 Å². The van der Waals surface area contributed by atoms with Crippen molar-refractivity contribution in [2.24, 2.45) is 5.16 Å². The Bertz CT molecular complexity index is 923. The summed E-state index contributed by atoms with van der Waals surface area (Å²) in [7, 11) is 0. The molecule has 0 saturated carbocycles. The Balaban J connectivity index is 0.00000218. The van der Waals surface area contributed by atoms with E-state index in [9.17, 15) is 25.0 Å². The third kappa shape index (κ3) is 6.77. The van der Waals surface area contributed by atoms with Gasteiger partial charge in [0, 0.05) is 12.5 Å². The molecule has 0 amide bonds.